The van der Waals surface area contributed by atoms with Crippen LogP contribution in [0.5, 0.6) is 5.75 Å². The van der Waals surface area contributed by atoms with E-state index in [1.807, 2.05) is 86.6 Å². The fraction of sp³-hybridized carbons (Fsp3) is 0.278. The summed E-state index contributed by atoms with van der Waals surface area (Å²) in [7, 11) is 3.87. The van der Waals surface area contributed by atoms with Crippen LogP contribution in [0, 0.1) is 0 Å². The van der Waals surface area contributed by atoms with Gasteiger partial charge in [-0.1, -0.05) is 48.5 Å². The maximum Gasteiger partial charge on any atom is 0.207 e. The third-order valence-electron chi connectivity index (χ3n) is 3.22. The summed E-state index contributed by atoms with van der Waals surface area (Å²) in [6.45, 7) is 2.35. The van der Waals surface area contributed by atoms with Crippen molar-refractivity contribution in [3.63, 3.8) is 0 Å². The first kappa shape index (κ1) is 18.2. The molecule has 0 aliphatic rings. The zero-order valence-corrected chi connectivity index (χ0v) is 14.0. The first-order valence-electron chi connectivity index (χ1n) is 7.00. The van der Waals surface area contributed by atoms with Crippen LogP contribution in [0.3, 0.4) is 0 Å². The van der Waals surface area contributed by atoms with Crippen molar-refractivity contribution in [2.75, 3.05) is 20.6 Å². The molecule has 22 heavy (non-hydrogen) atoms. The van der Waals surface area contributed by atoms with Gasteiger partial charge in [0.25, 0.3) is 0 Å². The van der Waals surface area contributed by atoms with Crippen LogP contribution in [0.4, 0.5) is 0 Å². The van der Waals surface area contributed by atoms with Gasteiger partial charge >= 0.3 is 0 Å². The van der Waals surface area contributed by atoms with Gasteiger partial charge in [-0.15, -0.1) is 12.4 Å². The Kier molecular flexibility index (Phi) is 6.60. The van der Waals surface area contributed by atoms with Gasteiger partial charge in [0.05, 0.1) is 0 Å². The van der Waals surface area contributed by atoms with Crippen molar-refractivity contribution >= 4 is 18.2 Å². The van der Waals surface area contributed by atoms with Crippen LogP contribution in [-0.2, 0) is 0 Å². The van der Waals surface area contributed by atoms with E-state index in [1.54, 1.807) is 0 Å². The van der Waals surface area contributed by atoms with Gasteiger partial charge in [-0.25, -0.2) is 0 Å². The molecule has 4 heteroatoms. The van der Waals surface area contributed by atoms with Crippen molar-refractivity contribution in [3.8, 4) is 5.75 Å². The molecule has 0 fully saturated rings. The van der Waals surface area contributed by atoms with Gasteiger partial charge in [-0.2, -0.15) is 0 Å². The van der Waals surface area contributed by atoms with E-state index < -0.39 is 5.60 Å². The first-order chi connectivity index (χ1) is 10.0. The van der Waals surface area contributed by atoms with Gasteiger partial charge in [0.2, 0.25) is 5.78 Å². The predicted molar refractivity (Wildman–Crippen MR) is 92.0 cm³/mol. The third-order valence-corrected chi connectivity index (χ3v) is 3.22. The minimum atomic E-state index is -0.924. The fourth-order valence-corrected chi connectivity index (χ4v) is 2.40. The second-order valence-electron chi connectivity index (χ2n) is 5.58. The Morgan fingerprint density at radius 3 is 2.00 bits per heavy atom. The second kappa shape index (κ2) is 7.97. The van der Waals surface area contributed by atoms with Gasteiger partial charge in [0.1, 0.15) is 5.75 Å². The number of nitrogens with zero attached hydrogens (tertiary/aromatic N) is 1. The maximum absolute atomic E-state index is 12.9. The summed E-state index contributed by atoms with van der Waals surface area (Å²) < 4.78 is 6.04. The number of carbonyl (C=O) groups excluding carboxylic acids is 1. The quantitative estimate of drug-likeness (QED) is 0.761. The molecule has 0 amide bonds. The Balaban J connectivity index is 0.00000242. The summed E-state index contributed by atoms with van der Waals surface area (Å²) in [5, 5.41) is 0. The van der Waals surface area contributed by atoms with Crippen molar-refractivity contribution in [2.45, 2.75) is 12.5 Å². The Hall–Kier alpha value is -1.84. The molecule has 0 aromatic heterocycles. The standard InChI is InChI=1S/C18H21NO2.ClH/c1-18(14-19(2)3,21-16-12-8-5-9-13-16)17(20)15-10-6-4-7-11-15;/h4-13H,14H2,1-3H3;1H. The van der Waals surface area contributed by atoms with E-state index >= 15 is 0 Å². The molecule has 118 valence electrons. The summed E-state index contributed by atoms with van der Waals surface area (Å²) >= 11 is 0. The zero-order chi connectivity index (χ0) is 15.3. The van der Waals surface area contributed by atoms with Crippen molar-refractivity contribution in [2.24, 2.45) is 0 Å². The van der Waals surface area contributed by atoms with Gasteiger partial charge in [-0.05, 0) is 33.2 Å². The summed E-state index contributed by atoms with van der Waals surface area (Å²) in [6.07, 6.45) is 0. The van der Waals surface area contributed by atoms with E-state index in [1.165, 1.54) is 0 Å². The van der Waals surface area contributed by atoms with Crippen LogP contribution < -0.4 is 4.74 Å². The molecule has 0 bridgehead atoms. The Morgan fingerprint density at radius 2 is 1.50 bits per heavy atom. The number of benzene rings is 2. The van der Waals surface area contributed by atoms with E-state index in [0.29, 0.717) is 17.9 Å². The summed E-state index contributed by atoms with van der Waals surface area (Å²) in [5.74, 6) is 0.687. The van der Waals surface area contributed by atoms with Crippen LogP contribution in [0.15, 0.2) is 60.7 Å². The van der Waals surface area contributed by atoms with Gasteiger partial charge < -0.3 is 9.64 Å². The lowest BCUT2D eigenvalue weighted by Gasteiger charge is -2.32. The fourth-order valence-electron chi connectivity index (χ4n) is 2.40. The molecule has 2 rings (SSSR count). The molecule has 0 saturated carbocycles. The van der Waals surface area contributed by atoms with Crippen molar-refractivity contribution in [3.05, 3.63) is 66.2 Å². The van der Waals surface area contributed by atoms with Crippen molar-refractivity contribution < 1.29 is 9.53 Å². The van der Waals surface area contributed by atoms with Crippen LogP contribution in [0.25, 0.3) is 0 Å². The molecule has 3 nitrogen and oxygen atoms in total. The molecule has 0 saturated heterocycles. The summed E-state index contributed by atoms with van der Waals surface area (Å²) in [6, 6.07) is 18.7. The topological polar surface area (TPSA) is 29.5 Å². The van der Waals surface area contributed by atoms with Crippen LogP contribution in [0.1, 0.15) is 17.3 Å². The number of hydrogen-bond acceptors (Lipinski definition) is 3. The number of carbonyl (C=O) groups is 1. The lowest BCUT2D eigenvalue weighted by Crippen LogP contribution is -2.49. The van der Waals surface area contributed by atoms with Crippen molar-refractivity contribution in [1.29, 1.82) is 0 Å². The number of rotatable bonds is 6. The smallest absolute Gasteiger partial charge is 0.207 e. The Morgan fingerprint density at radius 1 is 1.00 bits per heavy atom. The highest BCUT2D eigenvalue weighted by atomic mass is 35.5. The number of hydrogen-bond donors (Lipinski definition) is 0. The van der Waals surface area contributed by atoms with Crippen LogP contribution in [-0.4, -0.2) is 36.9 Å². The number of Topliss-reactive ketones (excluding diaryl/α,β-unsaturated/α-hetero) is 1. The molecule has 0 aliphatic heterocycles. The number of ether oxygens (including phenoxy) is 1. The molecule has 0 radical (unpaired) electrons. The maximum atomic E-state index is 12.9. The third kappa shape index (κ3) is 4.58. The number of ketones is 1. The Labute approximate surface area is 138 Å². The lowest BCUT2D eigenvalue weighted by molar-refractivity contribution is 0.0412. The minimum absolute atomic E-state index is 0. The van der Waals surface area contributed by atoms with E-state index in [4.69, 9.17) is 4.74 Å². The molecular weight excluding hydrogens is 298 g/mol. The SMILES string of the molecule is CN(C)CC(C)(Oc1ccccc1)C(=O)c1ccccc1.Cl. The van der Waals surface area contributed by atoms with Crippen LogP contribution >= 0.6 is 12.4 Å². The number of halogens is 1. The normalized spacial score (nSPS) is 13.1. The monoisotopic (exact) mass is 319 g/mol. The highest BCUT2D eigenvalue weighted by Crippen LogP contribution is 2.23. The van der Waals surface area contributed by atoms with Gasteiger partial charge in [0, 0.05) is 12.1 Å². The van der Waals surface area contributed by atoms with Crippen molar-refractivity contribution in [1.82, 2.24) is 4.90 Å². The van der Waals surface area contributed by atoms with E-state index in [0.717, 1.165) is 0 Å². The van der Waals surface area contributed by atoms with E-state index in [-0.39, 0.29) is 18.2 Å². The molecular formula is C18H22ClNO2. The first-order valence-corrected chi connectivity index (χ1v) is 7.00. The second-order valence-corrected chi connectivity index (χ2v) is 5.58. The zero-order valence-electron chi connectivity index (χ0n) is 13.2. The highest BCUT2D eigenvalue weighted by molar-refractivity contribution is 6.02. The highest BCUT2D eigenvalue weighted by Gasteiger charge is 2.36. The largest absolute Gasteiger partial charge is 0.478 e. The Bertz CT molecular complexity index is 587. The molecule has 0 aliphatic carbocycles. The molecule has 0 spiro atoms. The predicted octanol–water partition coefficient (Wildman–Crippen LogP) is 3.69. The van der Waals surface area contributed by atoms with Gasteiger partial charge in [0.15, 0.2) is 5.60 Å². The molecule has 0 heterocycles. The lowest BCUT2D eigenvalue weighted by atomic mass is 9.94. The number of para-hydroxylation sites is 1. The molecule has 0 N–H and O–H groups in total. The number of likely N-dealkylation sites (N-methyl/N-ethyl adjacent to an activating group) is 1. The van der Waals surface area contributed by atoms with Gasteiger partial charge in [-0.3, -0.25) is 4.79 Å². The average molecular weight is 320 g/mol. The molecule has 2 aromatic rings. The van der Waals surface area contributed by atoms with E-state index in [9.17, 15) is 4.79 Å². The molecule has 2 aromatic carbocycles. The summed E-state index contributed by atoms with van der Waals surface area (Å²) in [5.41, 5.74) is -0.260. The van der Waals surface area contributed by atoms with Crippen LogP contribution in [0.2, 0.25) is 0 Å². The molecule has 1 unspecified atom stereocenters. The van der Waals surface area contributed by atoms with E-state index in [2.05, 4.69) is 0 Å². The average Bonchev–Trinajstić information content (AvgIpc) is 2.47. The summed E-state index contributed by atoms with van der Waals surface area (Å²) in [4.78, 5) is 14.8. The minimum Gasteiger partial charge on any atom is -0.478 e. The molecule has 1 atom stereocenters.